The summed E-state index contributed by atoms with van der Waals surface area (Å²) in [4.78, 5) is 0. The summed E-state index contributed by atoms with van der Waals surface area (Å²) in [5.41, 5.74) is 8.38. The minimum atomic E-state index is 0.590. The lowest BCUT2D eigenvalue weighted by Gasteiger charge is -2.13. The van der Waals surface area contributed by atoms with Gasteiger partial charge in [-0.3, -0.25) is 0 Å². The van der Waals surface area contributed by atoms with E-state index in [1.54, 1.807) is 0 Å². The predicted molar refractivity (Wildman–Crippen MR) is 510 cm³/mol. The van der Waals surface area contributed by atoms with Crippen LogP contribution in [0.2, 0.25) is 0 Å². The third-order valence-corrected chi connectivity index (χ3v) is 22.2. The summed E-state index contributed by atoms with van der Waals surface area (Å²) >= 11 is 0. The van der Waals surface area contributed by atoms with Crippen molar-refractivity contribution in [1.29, 1.82) is 0 Å². The van der Waals surface area contributed by atoms with Crippen LogP contribution in [0, 0.1) is 71.0 Å². The van der Waals surface area contributed by atoms with Crippen molar-refractivity contribution in [1.82, 2.24) is 0 Å². The molecule has 0 fully saturated rings. The Morgan fingerprint density at radius 1 is 0.133 bits per heavy atom. The van der Waals surface area contributed by atoms with Crippen molar-refractivity contribution in [3.63, 3.8) is 0 Å². The second-order valence-electron chi connectivity index (χ2n) is 32.8. The standard InChI is InChI=1S/C114H150O6/c1-7-13-19-25-31-37-43-49-91-115-103-73-55-97(56-74-103)67-85-109-110(86-68-98-57-75-104(76-58-98)116-92-50-44-38-32-26-20-14-8-2)112(88-70-100-61-79-106(80-62-100)118-94-52-46-40-34-28-22-16-10-4)114(90-72-102-65-83-108(84-66-102)120-96-54-48-42-36-30-24-18-12-6)113(89-71-101-63-81-107(82-64-101)119-95-53-47-41-35-29-23-17-11-5)111(109)87-69-99-59-77-105(78-60-99)117-93-51-45-39-33-27-21-15-9-3/h55-66,73-84H,7-54,91-96H2,1-6H3. The highest BCUT2D eigenvalue weighted by Gasteiger charge is 2.21. The molecule has 0 heterocycles. The van der Waals surface area contributed by atoms with Crippen LogP contribution >= 0.6 is 0 Å². The van der Waals surface area contributed by atoms with E-state index in [0.717, 1.165) is 145 Å². The molecule has 0 saturated carbocycles. The number of benzene rings is 7. The lowest BCUT2D eigenvalue weighted by atomic mass is 9.86. The van der Waals surface area contributed by atoms with Gasteiger partial charge in [0, 0.05) is 33.4 Å². The van der Waals surface area contributed by atoms with Gasteiger partial charge in [-0.25, -0.2) is 0 Å². The summed E-state index contributed by atoms with van der Waals surface area (Å²) in [6.45, 7) is 17.7. The van der Waals surface area contributed by atoms with E-state index in [0.29, 0.717) is 73.0 Å². The molecule has 7 rings (SSSR count). The van der Waals surface area contributed by atoms with Crippen LogP contribution in [0.4, 0.5) is 0 Å². The van der Waals surface area contributed by atoms with Gasteiger partial charge in [0.25, 0.3) is 0 Å². The Morgan fingerprint density at radius 2 is 0.242 bits per heavy atom. The topological polar surface area (TPSA) is 55.4 Å². The molecule has 0 spiro atoms. The van der Waals surface area contributed by atoms with E-state index in [1.165, 1.54) is 231 Å². The van der Waals surface area contributed by atoms with Crippen molar-refractivity contribution in [2.45, 2.75) is 350 Å². The normalized spacial score (nSPS) is 10.7. The first-order chi connectivity index (χ1) is 59.4. The molecule has 0 unspecified atom stereocenters. The van der Waals surface area contributed by atoms with Gasteiger partial charge in [-0.1, -0.05) is 382 Å². The largest absolute Gasteiger partial charge is 0.494 e. The van der Waals surface area contributed by atoms with Crippen LogP contribution in [0.5, 0.6) is 34.5 Å². The number of hydrogen-bond acceptors (Lipinski definition) is 6. The van der Waals surface area contributed by atoms with Crippen LogP contribution in [0.25, 0.3) is 0 Å². The van der Waals surface area contributed by atoms with Crippen molar-refractivity contribution >= 4 is 0 Å². The molecule has 7 aromatic rings. The SMILES string of the molecule is CCCCCCCCCCOc1ccc(C#Cc2c(C#Cc3ccc(OCCCCCCCCCC)cc3)c(C#Cc3ccc(OCCCCCCCCCC)cc3)c(C#Cc3ccc(OCCCCCCCCCC)cc3)c(C#Cc3ccc(OCCCCCCCCCC)cc3)c2C#Cc2ccc(OCCCCCCCCCC)cc2)cc1. The molecule has 6 heteroatoms. The maximum absolute atomic E-state index is 6.37. The van der Waals surface area contributed by atoms with Crippen LogP contribution < -0.4 is 28.4 Å². The molecule has 0 aliphatic rings. The van der Waals surface area contributed by atoms with Crippen molar-refractivity contribution < 1.29 is 28.4 Å². The molecular weight excluding hydrogens is 1470 g/mol. The molecule has 7 aromatic carbocycles. The van der Waals surface area contributed by atoms with E-state index in [2.05, 4.69) is 113 Å². The molecule has 642 valence electrons. The summed E-state index contributed by atoms with van der Waals surface area (Å²) < 4.78 is 38.2. The van der Waals surface area contributed by atoms with Crippen molar-refractivity contribution in [3.05, 3.63) is 212 Å². The van der Waals surface area contributed by atoms with E-state index in [1.807, 2.05) is 146 Å². The molecule has 0 aromatic heterocycles. The Morgan fingerprint density at radius 3 is 0.358 bits per heavy atom. The zero-order valence-corrected chi connectivity index (χ0v) is 75.5. The molecule has 0 aliphatic carbocycles. The highest BCUT2D eigenvalue weighted by atomic mass is 16.5. The van der Waals surface area contributed by atoms with Crippen molar-refractivity contribution in [2.24, 2.45) is 0 Å². The fourth-order valence-electron chi connectivity index (χ4n) is 14.7. The van der Waals surface area contributed by atoms with Gasteiger partial charge in [0.2, 0.25) is 0 Å². The number of unbranched alkanes of at least 4 members (excludes halogenated alkanes) is 42. The summed E-state index contributed by atoms with van der Waals surface area (Å²) in [5.74, 6) is 49.2. The zero-order valence-electron chi connectivity index (χ0n) is 75.5. The first kappa shape index (κ1) is 97.8. The van der Waals surface area contributed by atoms with Crippen molar-refractivity contribution in [3.8, 4) is 106 Å². The highest BCUT2D eigenvalue weighted by molar-refractivity contribution is 5.79. The van der Waals surface area contributed by atoms with E-state index in [4.69, 9.17) is 28.4 Å². The maximum Gasteiger partial charge on any atom is 0.119 e. The van der Waals surface area contributed by atoms with Gasteiger partial charge in [-0.2, -0.15) is 0 Å². The summed E-state index contributed by atoms with van der Waals surface area (Å²) in [6, 6.07) is 48.9. The van der Waals surface area contributed by atoms with Gasteiger partial charge in [0.05, 0.1) is 73.0 Å². The van der Waals surface area contributed by atoms with Gasteiger partial charge in [0.1, 0.15) is 34.5 Å². The monoisotopic (exact) mass is 1620 g/mol. The third kappa shape index (κ3) is 43.3. The Hall–Kier alpha value is -9.30. The lowest BCUT2D eigenvalue weighted by Crippen LogP contribution is -2.05. The van der Waals surface area contributed by atoms with E-state index in [9.17, 15) is 0 Å². The van der Waals surface area contributed by atoms with Crippen LogP contribution in [-0.2, 0) is 0 Å². The van der Waals surface area contributed by atoms with E-state index in [-0.39, 0.29) is 0 Å². The molecule has 120 heavy (non-hydrogen) atoms. The molecule has 6 nitrogen and oxygen atoms in total. The average Bonchev–Trinajstić information content (AvgIpc) is 0.761. The Kier molecular flexibility index (Phi) is 53.4. The quantitative estimate of drug-likeness (QED) is 0.0280. The van der Waals surface area contributed by atoms with Gasteiger partial charge in [0.15, 0.2) is 0 Å². The van der Waals surface area contributed by atoms with Crippen molar-refractivity contribution in [2.75, 3.05) is 39.6 Å². The maximum atomic E-state index is 6.37. The fourth-order valence-corrected chi connectivity index (χ4v) is 14.7. The summed E-state index contributed by atoms with van der Waals surface area (Å²) in [6.07, 6.45) is 59.6. The van der Waals surface area contributed by atoms with Gasteiger partial charge in [-0.05, 0) is 184 Å². The Balaban J connectivity index is 1.41. The van der Waals surface area contributed by atoms with Crippen LogP contribution in [0.1, 0.15) is 417 Å². The molecule has 0 aliphatic heterocycles. The Labute approximate surface area is 731 Å². The molecule has 0 saturated heterocycles. The zero-order chi connectivity index (χ0) is 84.3. The minimum absolute atomic E-state index is 0.590. The third-order valence-electron chi connectivity index (χ3n) is 22.2. The molecule has 0 atom stereocenters. The summed E-state index contributed by atoms with van der Waals surface area (Å²) in [5, 5.41) is 0. The predicted octanol–water partition coefficient (Wildman–Crippen LogP) is 31.2. The van der Waals surface area contributed by atoms with Gasteiger partial charge < -0.3 is 28.4 Å². The van der Waals surface area contributed by atoms with Gasteiger partial charge >= 0.3 is 0 Å². The number of rotatable bonds is 60. The minimum Gasteiger partial charge on any atom is -0.494 e. The van der Waals surface area contributed by atoms with E-state index >= 15 is 0 Å². The van der Waals surface area contributed by atoms with Gasteiger partial charge in [-0.15, -0.1) is 0 Å². The smallest absolute Gasteiger partial charge is 0.119 e. The second-order valence-corrected chi connectivity index (χ2v) is 32.8. The molecule has 0 amide bonds. The molecule has 0 radical (unpaired) electrons. The number of ether oxygens (including phenoxy) is 6. The van der Waals surface area contributed by atoms with Crippen LogP contribution in [0.3, 0.4) is 0 Å². The average molecular weight is 1620 g/mol. The number of hydrogen-bond donors (Lipinski definition) is 0. The fraction of sp³-hybridized carbons (Fsp3) is 0.526. The molecule has 0 bridgehead atoms. The first-order valence-corrected chi connectivity index (χ1v) is 48.1. The second kappa shape index (κ2) is 65.5. The lowest BCUT2D eigenvalue weighted by molar-refractivity contribution is 0.304. The van der Waals surface area contributed by atoms with Crippen LogP contribution in [0.15, 0.2) is 146 Å². The first-order valence-electron chi connectivity index (χ1n) is 48.1. The van der Waals surface area contributed by atoms with Crippen LogP contribution in [-0.4, -0.2) is 39.6 Å². The molecule has 0 N–H and O–H groups in total. The highest BCUT2D eigenvalue weighted by Crippen LogP contribution is 2.30. The summed E-state index contributed by atoms with van der Waals surface area (Å²) in [7, 11) is 0. The Bertz CT molecular complexity index is 3510. The van der Waals surface area contributed by atoms with E-state index < -0.39 is 0 Å². The molecular formula is C114H150O6.